The van der Waals surface area contributed by atoms with Gasteiger partial charge >= 0.3 is 12.1 Å². The second-order valence-corrected chi connectivity index (χ2v) is 12.8. The topological polar surface area (TPSA) is 112 Å². The molecule has 13 heteroatoms. The monoisotopic (exact) mass is 630 g/mol. The first-order valence-electron chi connectivity index (χ1n) is 14.1. The summed E-state index contributed by atoms with van der Waals surface area (Å²) < 4.78 is 43.7. The molecule has 0 aromatic carbocycles. The van der Waals surface area contributed by atoms with E-state index in [4.69, 9.17) is 23.2 Å². The van der Waals surface area contributed by atoms with Crippen molar-refractivity contribution >= 4 is 47.1 Å². The molecule has 1 aromatic rings. The Balaban J connectivity index is 1.67. The molecule has 3 aliphatic rings. The van der Waals surface area contributed by atoms with E-state index >= 15 is 0 Å². The van der Waals surface area contributed by atoms with E-state index in [-0.39, 0.29) is 53.8 Å². The van der Waals surface area contributed by atoms with Gasteiger partial charge in [-0.3, -0.25) is 24.4 Å². The zero-order chi connectivity index (χ0) is 30.8. The number of rotatable bonds is 10. The number of nitrogens with zero attached hydrogens (tertiary/aromatic N) is 3. The highest BCUT2D eigenvalue weighted by Gasteiger charge is 2.45. The lowest BCUT2D eigenvalue weighted by molar-refractivity contribution is -0.150. The minimum absolute atomic E-state index is 0.0194. The Kier molecular flexibility index (Phi) is 9.92. The van der Waals surface area contributed by atoms with Crippen LogP contribution in [0.15, 0.2) is 28.7 Å². The van der Waals surface area contributed by atoms with Gasteiger partial charge in [0.2, 0.25) is 0 Å². The molecule has 4 rings (SSSR count). The minimum atomic E-state index is -4.94. The van der Waals surface area contributed by atoms with Gasteiger partial charge in [0.1, 0.15) is 5.70 Å². The average molecular weight is 632 g/mol. The highest BCUT2D eigenvalue weighted by Crippen LogP contribution is 2.48. The summed E-state index contributed by atoms with van der Waals surface area (Å²) in [5, 5.41) is 12.0. The van der Waals surface area contributed by atoms with E-state index < -0.39 is 53.1 Å². The number of halogens is 5. The number of aromatic nitrogens is 1. The predicted octanol–water partition coefficient (Wildman–Crippen LogP) is 5.98. The molecule has 2 N–H and O–H groups in total. The SMILES string of the molecule is CN=C/C(C(=O)N(CC(=O)c1c(Cl)cncc1Cl)CC1C[C@@H]2CC[C@H]1C2)=C(\NC1CCC(C)(C(=O)O)CC1)C(F)(F)F. The van der Waals surface area contributed by atoms with Gasteiger partial charge < -0.3 is 15.3 Å². The Morgan fingerprint density at radius 3 is 2.29 bits per heavy atom. The number of amides is 1. The van der Waals surface area contributed by atoms with E-state index in [1.165, 1.54) is 19.4 Å². The second kappa shape index (κ2) is 12.9. The number of alkyl halides is 3. The molecule has 2 bridgehead atoms. The van der Waals surface area contributed by atoms with Crippen LogP contribution in [0.2, 0.25) is 10.0 Å². The number of carboxylic acid groups (broad SMARTS) is 1. The molecule has 1 heterocycles. The number of allylic oxidation sites excluding steroid dienone is 1. The molecule has 3 saturated carbocycles. The van der Waals surface area contributed by atoms with Crippen LogP contribution in [-0.4, -0.2) is 71.2 Å². The number of Topliss-reactive ketones (excluding diaryl/α,β-unsaturated/α-hetero) is 1. The first-order valence-corrected chi connectivity index (χ1v) is 14.8. The smallest absolute Gasteiger partial charge is 0.431 e. The Hall–Kier alpha value is -2.66. The minimum Gasteiger partial charge on any atom is -0.481 e. The molecule has 1 aromatic heterocycles. The van der Waals surface area contributed by atoms with Crippen LogP contribution in [0.3, 0.4) is 0 Å². The summed E-state index contributed by atoms with van der Waals surface area (Å²) in [7, 11) is 1.27. The fraction of sp³-hybridized carbons (Fsp3) is 0.621. The Morgan fingerprint density at radius 1 is 1.14 bits per heavy atom. The maximum absolute atomic E-state index is 14.6. The molecule has 1 amide bonds. The largest absolute Gasteiger partial charge is 0.481 e. The molecule has 0 aliphatic heterocycles. The van der Waals surface area contributed by atoms with Crippen molar-refractivity contribution in [3.05, 3.63) is 39.3 Å². The lowest BCUT2D eigenvalue weighted by atomic mass is 9.74. The molecule has 0 radical (unpaired) electrons. The van der Waals surface area contributed by atoms with Crippen LogP contribution in [0.25, 0.3) is 0 Å². The molecule has 3 atom stereocenters. The quantitative estimate of drug-likeness (QED) is 0.187. The summed E-state index contributed by atoms with van der Waals surface area (Å²) in [5.41, 5.74) is -3.03. The van der Waals surface area contributed by atoms with Crippen LogP contribution < -0.4 is 5.32 Å². The number of hydrogen-bond donors (Lipinski definition) is 2. The standard InChI is InChI=1S/C29H35Cl2F3N4O4/c1-28(27(41)42)7-5-19(6-8-28)37-25(29(32,33)34)20(11-35-2)26(40)38(14-18-10-16-3-4-17(18)9-16)15-23(39)24-21(30)12-36-13-22(24)31/h11-13,16-19,37H,3-10,14-15H2,1-2H3,(H,41,42)/b25-20+,35-11?/t16-,17+,18?,19?,28?/m1/s1. The third-order valence-electron chi connectivity index (χ3n) is 9.09. The number of aliphatic carboxylic acids is 1. The Morgan fingerprint density at radius 2 is 1.79 bits per heavy atom. The average Bonchev–Trinajstić information content (AvgIpc) is 3.54. The third kappa shape index (κ3) is 7.10. The number of fused-ring (bicyclic) bond motifs is 2. The lowest BCUT2D eigenvalue weighted by Crippen LogP contribution is -2.46. The highest BCUT2D eigenvalue weighted by atomic mass is 35.5. The van der Waals surface area contributed by atoms with E-state index in [2.05, 4.69) is 15.3 Å². The van der Waals surface area contributed by atoms with Crippen LogP contribution in [0, 0.1) is 23.2 Å². The van der Waals surface area contributed by atoms with Gasteiger partial charge in [0.05, 0.1) is 33.1 Å². The molecule has 1 unspecified atom stereocenters. The van der Waals surface area contributed by atoms with Gasteiger partial charge in [0.25, 0.3) is 5.91 Å². The van der Waals surface area contributed by atoms with Crippen molar-refractivity contribution in [1.29, 1.82) is 0 Å². The van der Waals surface area contributed by atoms with Crippen molar-refractivity contribution < 1.29 is 32.7 Å². The number of carbonyl (C=O) groups is 3. The zero-order valence-electron chi connectivity index (χ0n) is 23.5. The van der Waals surface area contributed by atoms with Gasteiger partial charge in [0, 0.05) is 38.2 Å². The molecule has 0 spiro atoms. The van der Waals surface area contributed by atoms with Gasteiger partial charge in [-0.05, 0) is 69.6 Å². The summed E-state index contributed by atoms with van der Waals surface area (Å²) in [6, 6.07) is -0.697. The summed E-state index contributed by atoms with van der Waals surface area (Å²) >= 11 is 12.4. The molecule has 8 nitrogen and oxygen atoms in total. The van der Waals surface area contributed by atoms with Crippen molar-refractivity contribution in [2.75, 3.05) is 20.1 Å². The maximum Gasteiger partial charge on any atom is 0.431 e. The number of ketones is 1. The second-order valence-electron chi connectivity index (χ2n) is 12.0. The fourth-order valence-corrected chi connectivity index (χ4v) is 7.26. The molecule has 3 fully saturated rings. The van der Waals surface area contributed by atoms with Crippen molar-refractivity contribution in [1.82, 2.24) is 15.2 Å². The highest BCUT2D eigenvalue weighted by molar-refractivity contribution is 6.39. The third-order valence-corrected chi connectivity index (χ3v) is 9.66. The number of carboxylic acids is 1. The Bertz CT molecular complexity index is 1260. The molecule has 3 aliphatic carbocycles. The number of hydrogen-bond acceptors (Lipinski definition) is 6. The predicted molar refractivity (Wildman–Crippen MR) is 153 cm³/mol. The molecular formula is C29H35Cl2F3N4O4. The van der Waals surface area contributed by atoms with E-state index in [1.54, 1.807) is 6.92 Å². The van der Waals surface area contributed by atoms with Crippen LogP contribution in [-0.2, 0) is 9.59 Å². The van der Waals surface area contributed by atoms with Crippen LogP contribution in [0.5, 0.6) is 0 Å². The molecule has 0 saturated heterocycles. The Labute approximate surface area is 252 Å². The van der Waals surface area contributed by atoms with E-state index in [0.717, 1.165) is 36.8 Å². The number of pyridine rings is 1. The van der Waals surface area contributed by atoms with Crippen molar-refractivity contribution in [2.45, 2.75) is 70.5 Å². The van der Waals surface area contributed by atoms with Crippen molar-refractivity contribution in [3.63, 3.8) is 0 Å². The van der Waals surface area contributed by atoms with Gasteiger partial charge in [-0.1, -0.05) is 29.6 Å². The van der Waals surface area contributed by atoms with E-state index in [1.807, 2.05) is 0 Å². The number of aliphatic imine (C=N–C) groups is 1. The van der Waals surface area contributed by atoms with Gasteiger partial charge in [-0.15, -0.1) is 0 Å². The zero-order valence-corrected chi connectivity index (χ0v) is 25.0. The normalized spacial score (nSPS) is 28.1. The van der Waals surface area contributed by atoms with Crippen LogP contribution in [0.4, 0.5) is 13.2 Å². The molecule has 42 heavy (non-hydrogen) atoms. The number of carbonyl (C=O) groups excluding carboxylic acids is 2. The first kappa shape index (κ1) is 32.3. The summed E-state index contributed by atoms with van der Waals surface area (Å²) in [4.78, 5) is 47.8. The molecular weight excluding hydrogens is 596 g/mol. The van der Waals surface area contributed by atoms with Gasteiger partial charge in [-0.2, -0.15) is 13.2 Å². The van der Waals surface area contributed by atoms with Crippen LogP contribution >= 0.6 is 23.2 Å². The maximum atomic E-state index is 14.6. The fourth-order valence-electron chi connectivity index (χ4n) is 6.69. The summed E-state index contributed by atoms with van der Waals surface area (Å²) in [6.45, 7) is 1.16. The first-order chi connectivity index (χ1) is 19.7. The summed E-state index contributed by atoms with van der Waals surface area (Å²) in [6.07, 6.45) is 3.07. The molecule has 230 valence electrons. The van der Waals surface area contributed by atoms with Gasteiger partial charge in [-0.25, -0.2) is 0 Å². The lowest BCUT2D eigenvalue weighted by Gasteiger charge is -2.36. The number of nitrogens with one attached hydrogen (secondary N) is 1. The van der Waals surface area contributed by atoms with Gasteiger partial charge in [0.15, 0.2) is 5.78 Å². The summed E-state index contributed by atoms with van der Waals surface area (Å²) in [5.74, 6) is -1.68. The van der Waals surface area contributed by atoms with Crippen molar-refractivity contribution in [3.8, 4) is 0 Å². The van der Waals surface area contributed by atoms with E-state index in [9.17, 15) is 32.7 Å². The van der Waals surface area contributed by atoms with Crippen LogP contribution in [0.1, 0.15) is 68.6 Å². The van der Waals surface area contributed by atoms with E-state index in [0.29, 0.717) is 11.8 Å². The van der Waals surface area contributed by atoms with Crippen molar-refractivity contribution in [2.24, 2.45) is 28.2 Å².